The Labute approximate surface area is 105 Å². The summed E-state index contributed by atoms with van der Waals surface area (Å²) in [6.45, 7) is 2.74. The highest BCUT2D eigenvalue weighted by atomic mass is 32.1. The Hall–Kier alpha value is -1.61. The zero-order valence-electron chi connectivity index (χ0n) is 9.77. The average molecular weight is 245 g/mol. The molecule has 0 bridgehead atoms. The summed E-state index contributed by atoms with van der Waals surface area (Å²) in [6.07, 6.45) is 0.537. The molecule has 0 atom stereocenters. The number of hydrogen-bond acceptors (Lipinski definition) is 3. The number of Topliss-reactive ketones (excluding diaryl/α,β-unsaturated/α-hetero) is 1. The lowest BCUT2D eigenvalue weighted by Gasteiger charge is -2.08. The molecule has 0 saturated carbocycles. The zero-order valence-corrected chi connectivity index (χ0v) is 10.6. The van der Waals surface area contributed by atoms with Gasteiger partial charge in [0.2, 0.25) is 0 Å². The van der Waals surface area contributed by atoms with Crippen LogP contribution in [0.4, 0.5) is 5.69 Å². The monoisotopic (exact) mass is 245 g/mol. The maximum absolute atomic E-state index is 11.8. The Balaban J connectivity index is 1.84. The van der Waals surface area contributed by atoms with E-state index in [0.717, 1.165) is 10.6 Å². The van der Waals surface area contributed by atoms with Gasteiger partial charge in [0.25, 0.3) is 0 Å². The van der Waals surface area contributed by atoms with Crippen LogP contribution < -0.4 is 5.32 Å². The van der Waals surface area contributed by atoms with Crippen LogP contribution in [0.2, 0.25) is 0 Å². The molecule has 0 aliphatic carbocycles. The van der Waals surface area contributed by atoms with Crippen molar-refractivity contribution in [2.24, 2.45) is 0 Å². The minimum absolute atomic E-state index is 0.209. The van der Waals surface area contributed by atoms with Gasteiger partial charge in [-0.15, -0.1) is 11.3 Å². The molecule has 0 aliphatic rings. The van der Waals surface area contributed by atoms with Crippen molar-refractivity contribution in [2.75, 3.05) is 11.9 Å². The van der Waals surface area contributed by atoms with Crippen LogP contribution in [-0.4, -0.2) is 12.3 Å². The molecule has 0 spiro atoms. The fourth-order valence-electron chi connectivity index (χ4n) is 1.64. The van der Waals surface area contributed by atoms with Gasteiger partial charge in [0, 0.05) is 18.7 Å². The van der Waals surface area contributed by atoms with Crippen LogP contribution in [0.3, 0.4) is 0 Å². The molecule has 2 nitrogen and oxygen atoms in total. The predicted molar refractivity (Wildman–Crippen MR) is 72.9 cm³/mol. The first-order chi connectivity index (χ1) is 8.27. The van der Waals surface area contributed by atoms with E-state index in [0.29, 0.717) is 13.0 Å². The van der Waals surface area contributed by atoms with E-state index < -0.39 is 0 Å². The van der Waals surface area contributed by atoms with Gasteiger partial charge in [-0.3, -0.25) is 4.79 Å². The van der Waals surface area contributed by atoms with Crippen LogP contribution in [0, 0.1) is 6.92 Å². The van der Waals surface area contributed by atoms with E-state index in [4.69, 9.17) is 0 Å². The van der Waals surface area contributed by atoms with E-state index in [2.05, 4.69) is 18.3 Å². The number of aryl methyl sites for hydroxylation is 1. The van der Waals surface area contributed by atoms with Gasteiger partial charge in [0.1, 0.15) is 0 Å². The van der Waals surface area contributed by atoms with E-state index in [-0.39, 0.29) is 5.78 Å². The van der Waals surface area contributed by atoms with Gasteiger partial charge in [-0.1, -0.05) is 24.3 Å². The lowest BCUT2D eigenvalue weighted by molar-refractivity contribution is 0.0990. The topological polar surface area (TPSA) is 29.1 Å². The largest absolute Gasteiger partial charge is 0.384 e. The summed E-state index contributed by atoms with van der Waals surface area (Å²) < 4.78 is 0. The highest BCUT2D eigenvalue weighted by molar-refractivity contribution is 7.12. The molecular formula is C14H15NOS. The molecule has 0 amide bonds. The van der Waals surface area contributed by atoms with Crippen molar-refractivity contribution in [1.29, 1.82) is 0 Å². The smallest absolute Gasteiger partial charge is 0.174 e. The van der Waals surface area contributed by atoms with Gasteiger partial charge in [-0.25, -0.2) is 0 Å². The standard InChI is InChI=1S/C14H15NOS/c1-11-5-2-3-6-12(11)15-9-8-13(16)14-7-4-10-17-14/h2-7,10,15H,8-9H2,1H3. The highest BCUT2D eigenvalue weighted by Crippen LogP contribution is 2.14. The number of ketones is 1. The summed E-state index contributed by atoms with van der Waals surface area (Å²) >= 11 is 1.50. The number of carbonyl (C=O) groups excluding carboxylic acids is 1. The van der Waals surface area contributed by atoms with E-state index >= 15 is 0 Å². The lowest BCUT2D eigenvalue weighted by Crippen LogP contribution is -2.08. The maximum atomic E-state index is 11.8. The SMILES string of the molecule is Cc1ccccc1NCCC(=O)c1cccs1. The van der Waals surface area contributed by atoms with Crippen molar-refractivity contribution in [3.8, 4) is 0 Å². The Kier molecular flexibility index (Phi) is 3.94. The van der Waals surface area contributed by atoms with Crippen molar-refractivity contribution in [2.45, 2.75) is 13.3 Å². The third kappa shape index (κ3) is 3.17. The van der Waals surface area contributed by atoms with Crippen molar-refractivity contribution in [3.63, 3.8) is 0 Å². The number of nitrogens with one attached hydrogen (secondary N) is 1. The summed E-state index contributed by atoms with van der Waals surface area (Å²) in [7, 11) is 0. The molecule has 17 heavy (non-hydrogen) atoms. The van der Waals surface area contributed by atoms with Crippen molar-refractivity contribution >= 4 is 22.8 Å². The first kappa shape index (κ1) is 11.9. The zero-order chi connectivity index (χ0) is 12.1. The molecule has 0 radical (unpaired) electrons. The molecule has 2 rings (SSSR count). The van der Waals surface area contributed by atoms with Crippen LogP contribution >= 0.6 is 11.3 Å². The minimum Gasteiger partial charge on any atom is -0.384 e. The number of anilines is 1. The van der Waals surface area contributed by atoms with Crippen molar-refractivity contribution in [1.82, 2.24) is 0 Å². The minimum atomic E-state index is 0.209. The number of para-hydroxylation sites is 1. The van der Waals surface area contributed by atoms with E-state index in [1.54, 1.807) is 0 Å². The lowest BCUT2D eigenvalue weighted by atomic mass is 10.2. The maximum Gasteiger partial charge on any atom is 0.174 e. The second kappa shape index (κ2) is 5.64. The molecule has 0 unspecified atom stereocenters. The molecule has 0 fully saturated rings. The number of hydrogen-bond donors (Lipinski definition) is 1. The van der Waals surface area contributed by atoms with Crippen LogP contribution in [-0.2, 0) is 0 Å². The van der Waals surface area contributed by atoms with E-state index in [1.807, 2.05) is 35.7 Å². The summed E-state index contributed by atoms with van der Waals surface area (Å²) in [5.74, 6) is 0.209. The summed E-state index contributed by atoms with van der Waals surface area (Å²) in [6, 6.07) is 11.9. The molecule has 0 aliphatic heterocycles. The van der Waals surface area contributed by atoms with E-state index in [1.165, 1.54) is 16.9 Å². The highest BCUT2D eigenvalue weighted by Gasteiger charge is 2.06. The van der Waals surface area contributed by atoms with Gasteiger partial charge in [-0.2, -0.15) is 0 Å². The fraction of sp³-hybridized carbons (Fsp3) is 0.214. The third-order valence-corrected chi connectivity index (χ3v) is 3.52. The van der Waals surface area contributed by atoms with Gasteiger partial charge in [0.15, 0.2) is 5.78 Å². The third-order valence-electron chi connectivity index (χ3n) is 2.61. The molecular weight excluding hydrogens is 230 g/mol. The molecule has 2 aromatic rings. The molecule has 1 aromatic heterocycles. The first-order valence-corrected chi connectivity index (χ1v) is 6.51. The Morgan fingerprint density at radius 3 is 2.76 bits per heavy atom. The van der Waals surface area contributed by atoms with Crippen LogP contribution in [0.1, 0.15) is 21.7 Å². The molecule has 0 saturated heterocycles. The normalized spacial score (nSPS) is 10.2. The van der Waals surface area contributed by atoms with Crippen LogP contribution in [0.15, 0.2) is 41.8 Å². The average Bonchev–Trinajstić information content (AvgIpc) is 2.85. The quantitative estimate of drug-likeness (QED) is 0.813. The van der Waals surface area contributed by atoms with Gasteiger partial charge in [0.05, 0.1) is 4.88 Å². The molecule has 3 heteroatoms. The van der Waals surface area contributed by atoms with Crippen molar-refractivity contribution in [3.05, 3.63) is 52.2 Å². The molecule has 88 valence electrons. The summed E-state index contributed by atoms with van der Waals surface area (Å²) in [5, 5.41) is 5.22. The molecule has 1 aromatic carbocycles. The Morgan fingerprint density at radius 2 is 2.06 bits per heavy atom. The van der Waals surface area contributed by atoms with Gasteiger partial charge < -0.3 is 5.32 Å². The second-order valence-corrected chi connectivity index (χ2v) is 4.84. The fourth-order valence-corrected chi connectivity index (χ4v) is 2.34. The number of carbonyl (C=O) groups is 1. The Morgan fingerprint density at radius 1 is 1.24 bits per heavy atom. The van der Waals surface area contributed by atoms with Gasteiger partial charge >= 0.3 is 0 Å². The molecule has 1 N–H and O–H groups in total. The van der Waals surface area contributed by atoms with Crippen LogP contribution in [0.5, 0.6) is 0 Å². The number of benzene rings is 1. The number of rotatable bonds is 5. The molecule has 1 heterocycles. The van der Waals surface area contributed by atoms with Gasteiger partial charge in [-0.05, 0) is 30.0 Å². The number of thiophene rings is 1. The van der Waals surface area contributed by atoms with Crippen LogP contribution in [0.25, 0.3) is 0 Å². The second-order valence-electron chi connectivity index (χ2n) is 3.89. The first-order valence-electron chi connectivity index (χ1n) is 5.63. The van der Waals surface area contributed by atoms with E-state index in [9.17, 15) is 4.79 Å². The predicted octanol–water partition coefficient (Wildman–Crippen LogP) is 3.74. The summed E-state index contributed by atoms with van der Waals surface area (Å²) in [5.41, 5.74) is 2.31. The summed E-state index contributed by atoms with van der Waals surface area (Å²) in [4.78, 5) is 12.6. The Bertz CT molecular complexity index is 491. The van der Waals surface area contributed by atoms with Crippen molar-refractivity contribution < 1.29 is 4.79 Å².